The van der Waals surface area contributed by atoms with Gasteiger partial charge in [-0.3, -0.25) is 4.18 Å². The highest BCUT2D eigenvalue weighted by Gasteiger charge is 2.52. The molecule has 0 saturated carbocycles. The number of hydrogen-bond donors (Lipinski definition) is 4. The third kappa shape index (κ3) is 2.61. The number of phenolic OH excluding ortho intramolecular Hbond substituents is 2. The van der Waals surface area contributed by atoms with Gasteiger partial charge in [0.1, 0.15) is 22.4 Å². The molecule has 0 aliphatic carbocycles. The highest BCUT2D eigenvalue weighted by Crippen LogP contribution is 2.66. The Morgan fingerprint density at radius 3 is 1.81 bits per heavy atom. The Labute approximate surface area is 159 Å². The van der Waals surface area contributed by atoms with Gasteiger partial charge in [0, 0.05) is 5.56 Å². The van der Waals surface area contributed by atoms with Gasteiger partial charge in [-0.2, -0.15) is 0 Å². The Morgan fingerprint density at radius 1 is 0.778 bits per heavy atom. The molecule has 27 heavy (non-hydrogen) atoms. The molecule has 0 aromatic heterocycles. The molecule has 140 valence electrons. The normalized spacial score (nSPS) is 18.1. The summed E-state index contributed by atoms with van der Waals surface area (Å²) >= 11 is 0. The third-order valence-corrected chi connectivity index (χ3v) is 6.41. The van der Waals surface area contributed by atoms with Crippen LogP contribution in [0, 0.1) is 13.8 Å². The fourth-order valence-corrected chi connectivity index (χ4v) is 5.05. The van der Waals surface area contributed by atoms with Crippen LogP contribution in [0.5, 0.6) is 11.5 Å². The van der Waals surface area contributed by atoms with Crippen LogP contribution in [0.15, 0.2) is 65.6 Å². The Bertz CT molecular complexity index is 993. The molecule has 0 atom stereocenters. The predicted octanol–water partition coefficient (Wildman–Crippen LogP) is 5.06. The Morgan fingerprint density at radius 2 is 1.30 bits per heavy atom. The second kappa shape index (κ2) is 6.00. The number of phenols is 2. The van der Waals surface area contributed by atoms with Crippen LogP contribution < -0.4 is 0 Å². The molecule has 4 rings (SSSR count). The first-order valence-electron chi connectivity index (χ1n) is 8.44. The summed E-state index contributed by atoms with van der Waals surface area (Å²) in [6.07, 6.45) is 0. The number of rotatable bonds is 2. The second-order valence-corrected chi connectivity index (χ2v) is 8.36. The van der Waals surface area contributed by atoms with Crippen LogP contribution in [-0.4, -0.2) is 19.3 Å². The largest absolute Gasteiger partial charge is 0.508 e. The van der Waals surface area contributed by atoms with E-state index in [9.17, 15) is 19.3 Å². The van der Waals surface area contributed by atoms with Gasteiger partial charge >= 0.3 is 0 Å². The molecule has 0 amide bonds. The van der Waals surface area contributed by atoms with Crippen LogP contribution >= 0.6 is 10.9 Å². The minimum atomic E-state index is -3.48. The summed E-state index contributed by atoms with van der Waals surface area (Å²) in [5.41, 5.74) is 1.96. The van der Waals surface area contributed by atoms with E-state index in [1.165, 1.54) is 0 Å². The molecule has 0 spiro atoms. The maximum atomic E-state index is 10.7. The molecule has 3 aromatic rings. The van der Waals surface area contributed by atoms with E-state index in [1.807, 2.05) is 6.07 Å². The lowest BCUT2D eigenvalue weighted by Crippen LogP contribution is -2.29. The van der Waals surface area contributed by atoms with Gasteiger partial charge in [-0.15, -0.1) is 0 Å². The standard InChI is InChI=1S/C21H20O5S/c1-13-11-15(7-9-18(13)22)21(16-8-10-19(23)14(2)12-16)17-5-3-4-6-20(17)27(24,25)26-21/h3-12,22-25H,1-2H3. The Hall–Kier alpha value is -2.51. The van der Waals surface area contributed by atoms with Crippen LogP contribution in [-0.2, 0) is 9.78 Å². The first-order valence-corrected chi connectivity index (χ1v) is 9.91. The van der Waals surface area contributed by atoms with Crippen molar-refractivity contribution >= 4 is 10.9 Å². The minimum Gasteiger partial charge on any atom is -0.508 e. The molecule has 1 heterocycles. The summed E-state index contributed by atoms with van der Waals surface area (Å²) in [5, 5.41) is 19.9. The van der Waals surface area contributed by atoms with E-state index < -0.39 is 16.5 Å². The summed E-state index contributed by atoms with van der Waals surface area (Å²) in [7, 11) is -3.48. The lowest BCUT2D eigenvalue weighted by Gasteiger charge is -2.33. The van der Waals surface area contributed by atoms with Crippen molar-refractivity contribution in [2.45, 2.75) is 24.3 Å². The quantitative estimate of drug-likeness (QED) is 0.496. The van der Waals surface area contributed by atoms with Gasteiger partial charge in [-0.1, -0.05) is 30.3 Å². The van der Waals surface area contributed by atoms with E-state index in [0.717, 1.165) is 0 Å². The topological polar surface area (TPSA) is 90.2 Å². The maximum Gasteiger partial charge on any atom is 0.162 e. The molecule has 1 aliphatic heterocycles. The molecule has 0 saturated heterocycles. The van der Waals surface area contributed by atoms with Crippen molar-refractivity contribution in [3.8, 4) is 11.5 Å². The van der Waals surface area contributed by atoms with Crippen LogP contribution in [0.25, 0.3) is 0 Å². The van der Waals surface area contributed by atoms with Crippen LogP contribution in [0.4, 0.5) is 0 Å². The summed E-state index contributed by atoms with van der Waals surface area (Å²) in [6, 6.07) is 17.1. The summed E-state index contributed by atoms with van der Waals surface area (Å²) in [6.45, 7) is 3.54. The van der Waals surface area contributed by atoms with Crippen LogP contribution in [0.2, 0.25) is 0 Å². The van der Waals surface area contributed by atoms with Crippen molar-refractivity contribution < 1.29 is 23.5 Å². The minimum absolute atomic E-state index is 0.147. The summed E-state index contributed by atoms with van der Waals surface area (Å²) < 4.78 is 27.3. The highest BCUT2D eigenvalue weighted by atomic mass is 32.3. The second-order valence-electron chi connectivity index (χ2n) is 6.76. The predicted molar refractivity (Wildman–Crippen MR) is 104 cm³/mol. The van der Waals surface area contributed by atoms with Gasteiger partial charge in [0.15, 0.2) is 5.60 Å². The average Bonchev–Trinajstić information content (AvgIpc) is 2.89. The lowest BCUT2D eigenvalue weighted by atomic mass is 9.79. The zero-order valence-electron chi connectivity index (χ0n) is 14.9. The summed E-state index contributed by atoms with van der Waals surface area (Å²) in [4.78, 5) is 0.335. The molecule has 3 aromatic carbocycles. The van der Waals surface area contributed by atoms with Crippen molar-refractivity contribution in [2.24, 2.45) is 0 Å². The average molecular weight is 384 g/mol. The number of aromatic hydroxyl groups is 2. The van der Waals surface area contributed by atoms with Crippen molar-refractivity contribution in [1.29, 1.82) is 0 Å². The fourth-order valence-electron chi connectivity index (χ4n) is 3.58. The SMILES string of the molecule is Cc1cc(C2(c3ccc(O)c(C)c3)OS(O)(O)c3ccccc32)ccc1O. The Balaban J connectivity index is 2.08. The van der Waals surface area contributed by atoms with Crippen LogP contribution in [0.1, 0.15) is 27.8 Å². The molecule has 0 radical (unpaired) electrons. The number of benzene rings is 3. The zero-order valence-corrected chi connectivity index (χ0v) is 15.7. The molecule has 5 nitrogen and oxygen atoms in total. The van der Waals surface area contributed by atoms with Gasteiger partial charge < -0.3 is 19.3 Å². The molecule has 6 heteroatoms. The maximum absolute atomic E-state index is 10.7. The van der Waals surface area contributed by atoms with Crippen molar-refractivity contribution in [3.05, 3.63) is 88.5 Å². The first kappa shape index (κ1) is 17.9. The molecular formula is C21H20O5S. The van der Waals surface area contributed by atoms with E-state index in [-0.39, 0.29) is 11.5 Å². The van der Waals surface area contributed by atoms with E-state index >= 15 is 0 Å². The molecule has 0 unspecified atom stereocenters. The van der Waals surface area contributed by atoms with Crippen molar-refractivity contribution in [1.82, 2.24) is 0 Å². The molecule has 1 aliphatic rings. The van der Waals surface area contributed by atoms with Gasteiger partial charge in [-0.25, -0.2) is 0 Å². The van der Waals surface area contributed by atoms with Gasteiger partial charge in [-0.05, 0) is 66.4 Å². The first-order chi connectivity index (χ1) is 12.8. The zero-order chi connectivity index (χ0) is 19.4. The Kier molecular flexibility index (Phi) is 3.98. The van der Waals surface area contributed by atoms with Crippen molar-refractivity contribution in [3.63, 3.8) is 0 Å². The van der Waals surface area contributed by atoms with Gasteiger partial charge in [0.25, 0.3) is 0 Å². The van der Waals surface area contributed by atoms with Gasteiger partial charge in [0.05, 0.1) is 4.90 Å². The fraction of sp³-hybridized carbons (Fsp3) is 0.143. The van der Waals surface area contributed by atoms with E-state index in [1.54, 1.807) is 68.4 Å². The number of aryl methyl sites for hydroxylation is 2. The highest BCUT2D eigenvalue weighted by molar-refractivity contribution is 8.20. The molecule has 4 N–H and O–H groups in total. The van der Waals surface area contributed by atoms with E-state index in [2.05, 4.69) is 0 Å². The molecule has 0 bridgehead atoms. The molecular weight excluding hydrogens is 364 g/mol. The lowest BCUT2D eigenvalue weighted by molar-refractivity contribution is 0.154. The smallest absolute Gasteiger partial charge is 0.162 e. The number of hydrogen-bond acceptors (Lipinski definition) is 5. The summed E-state index contributed by atoms with van der Waals surface area (Å²) in [5.74, 6) is 0.294. The van der Waals surface area contributed by atoms with E-state index in [0.29, 0.717) is 32.7 Å². The molecule has 0 fully saturated rings. The third-order valence-electron chi connectivity index (χ3n) is 5.00. The van der Waals surface area contributed by atoms with Gasteiger partial charge in [0.2, 0.25) is 0 Å². The monoisotopic (exact) mass is 384 g/mol. The van der Waals surface area contributed by atoms with Crippen molar-refractivity contribution in [2.75, 3.05) is 0 Å². The van der Waals surface area contributed by atoms with Crippen LogP contribution in [0.3, 0.4) is 0 Å². The number of fused-ring (bicyclic) bond motifs is 1. The van der Waals surface area contributed by atoms with E-state index in [4.69, 9.17) is 4.18 Å².